The first kappa shape index (κ1) is 13.0. The van der Waals surface area contributed by atoms with Gasteiger partial charge in [0.1, 0.15) is 11.6 Å². The summed E-state index contributed by atoms with van der Waals surface area (Å²) in [6.07, 6.45) is 0. The molecule has 0 unspecified atom stereocenters. The number of nitrogens with zero attached hydrogens (tertiary/aromatic N) is 2. The van der Waals surface area contributed by atoms with Crippen molar-refractivity contribution in [2.75, 3.05) is 44.1 Å². The molecule has 1 aliphatic rings. The number of halogens is 1. The number of hydrogen-bond donors (Lipinski definition) is 0. The van der Waals surface area contributed by atoms with Crippen LogP contribution in [0.1, 0.15) is 0 Å². The van der Waals surface area contributed by atoms with Gasteiger partial charge in [0.25, 0.3) is 0 Å². The molecule has 1 heterocycles. The molecule has 1 saturated heterocycles. The Hall–Kier alpha value is -1.42. The zero-order chi connectivity index (χ0) is 13.0. The average molecular weight is 269 g/mol. The van der Waals surface area contributed by atoms with Crippen LogP contribution in [0.3, 0.4) is 0 Å². The minimum Gasteiger partial charge on any atom is -0.495 e. The van der Waals surface area contributed by atoms with Gasteiger partial charge in [-0.15, -0.1) is 11.6 Å². The van der Waals surface area contributed by atoms with Crippen LogP contribution in [-0.4, -0.2) is 50.0 Å². The summed E-state index contributed by atoms with van der Waals surface area (Å²) in [4.78, 5) is 15.5. The van der Waals surface area contributed by atoms with Crippen LogP contribution in [0.2, 0.25) is 0 Å². The molecule has 0 N–H and O–H groups in total. The molecule has 0 aliphatic carbocycles. The van der Waals surface area contributed by atoms with Crippen molar-refractivity contribution in [3.63, 3.8) is 0 Å². The molecule has 4 nitrogen and oxygen atoms in total. The number of hydrogen-bond acceptors (Lipinski definition) is 3. The highest BCUT2D eigenvalue weighted by Gasteiger charge is 2.21. The van der Waals surface area contributed by atoms with Gasteiger partial charge in [-0.05, 0) is 12.1 Å². The van der Waals surface area contributed by atoms with Crippen molar-refractivity contribution < 1.29 is 9.53 Å². The SMILES string of the molecule is COc1ccccc1N1CCN(C(=O)CCl)CC1. The van der Waals surface area contributed by atoms with Gasteiger partial charge in [0.2, 0.25) is 5.91 Å². The lowest BCUT2D eigenvalue weighted by Crippen LogP contribution is -2.49. The molecule has 1 amide bonds. The number of anilines is 1. The average Bonchev–Trinajstić information content (AvgIpc) is 2.46. The predicted molar refractivity (Wildman–Crippen MR) is 72.5 cm³/mol. The van der Waals surface area contributed by atoms with Gasteiger partial charge in [-0.2, -0.15) is 0 Å². The maximum absolute atomic E-state index is 11.5. The summed E-state index contributed by atoms with van der Waals surface area (Å²) in [7, 11) is 1.67. The Morgan fingerprint density at radius 1 is 1.28 bits per heavy atom. The van der Waals surface area contributed by atoms with Gasteiger partial charge in [0.15, 0.2) is 0 Å². The molecule has 1 aromatic carbocycles. The summed E-state index contributed by atoms with van der Waals surface area (Å²) >= 11 is 5.56. The Bertz CT molecular complexity index is 417. The summed E-state index contributed by atoms with van der Waals surface area (Å²) in [5.74, 6) is 0.945. The first-order valence-electron chi connectivity index (χ1n) is 5.98. The van der Waals surface area contributed by atoms with Crippen molar-refractivity contribution >= 4 is 23.2 Å². The Kier molecular flexibility index (Phi) is 4.31. The minimum absolute atomic E-state index is 0.0105. The van der Waals surface area contributed by atoms with E-state index in [1.54, 1.807) is 12.0 Å². The maximum Gasteiger partial charge on any atom is 0.237 e. The summed E-state index contributed by atoms with van der Waals surface area (Å²) in [5.41, 5.74) is 1.08. The highest BCUT2D eigenvalue weighted by atomic mass is 35.5. The van der Waals surface area contributed by atoms with Crippen molar-refractivity contribution in [1.82, 2.24) is 4.90 Å². The number of rotatable bonds is 3. The molecular formula is C13H17ClN2O2. The van der Waals surface area contributed by atoms with Gasteiger partial charge < -0.3 is 14.5 Å². The van der Waals surface area contributed by atoms with Crippen LogP contribution in [-0.2, 0) is 4.79 Å². The molecule has 5 heteroatoms. The van der Waals surface area contributed by atoms with Gasteiger partial charge >= 0.3 is 0 Å². The number of carbonyl (C=O) groups excluding carboxylic acids is 1. The third-order valence-electron chi connectivity index (χ3n) is 3.17. The predicted octanol–water partition coefficient (Wildman–Crippen LogP) is 1.58. The van der Waals surface area contributed by atoms with Crippen LogP contribution in [0.15, 0.2) is 24.3 Å². The molecule has 0 radical (unpaired) electrons. The van der Waals surface area contributed by atoms with Crippen molar-refractivity contribution in [2.24, 2.45) is 0 Å². The second-order valence-electron chi connectivity index (χ2n) is 4.17. The monoisotopic (exact) mass is 268 g/mol. The molecule has 98 valence electrons. The lowest BCUT2D eigenvalue weighted by Gasteiger charge is -2.36. The standard InChI is InChI=1S/C13H17ClN2O2/c1-18-12-5-3-2-4-11(12)15-6-8-16(9-7-15)13(17)10-14/h2-5H,6-10H2,1H3. The topological polar surface area (TPSA) is 32.8 Å². The van der Waals surface area contributed by atoms with Gasteiger partial charge in [-0.1, -0.05) is 12.1 Å². The number of methoxy groups -OCH3 is 1. The molecule has 1 aromatic rings. The molecule has 0 atom stereocenters. The van der Waals surface area contributed by atoms with Gasteiger partial charge in [0.05, 0.1) is 12.8 Å². The smallest absolute Gasteiger partial charge is 0.237 e. The van der Waals surface area contributed by atoms with E-state index in [2.05, 4.69) is 4.90 Å². The van der Waals surface area contributed by atoms with Crippen molar-refractivity contribution in [2.45, 2.75) is 0 Å². The van der Waals surface area contributed by atoms with Crippen LogP contribution in [0.5, 0.6) is 5.75 Å². The highest BCUT2D eigenvalue weighted by Crippen LogP contribution is 2.28. The van der Waals surface area contributed by atoms with E-state index in [1.165, 1.54) is 0 Å². The van der Waals surface area contributed by atoms with Gasteiger partial charge in [0, 0.05) is 26.2 Å². The number of para-hydroxylation sites is 2. The molecule has 1 fully saturated rings. The number of ether oxygens (including phenoxy) is 1. The fourth-order valence-corrected chi connectivity index (χ4v) is 2.34. The van der Waals surface area contributed by atoms with Crippen LogP contribution >= 0.6 is 11.6 Å². The molecule has 0 bridgehead atoms. The molecule has 0 saturated carbocycles. The molecule has 18 heavy (non-hydrogen) atoms. The van der Waals surface area contributed by atoms with Gasteiger partial charge in [-0.3, -0.25) is 4.79 Å². The van der Waals surface area contributed by atoms with E-state index in [9.17, 15) is 4.79 Å². The number of alkyl halides is 1. The molecular weight excluding hydrogens is 252 g/mol. The maximum atomic E-state index is 11.5. The summed E-state index contributed by atoms with van der Waals surface area (Å²) in [6.45, 7) is 3.04. The lowest BCUT2D eigenvalue weighted by molar-refractivity contribution is -0.128. The van der Waals surface area contributed by atoms with E-state index in [0.29, 0.717) is 13.1 Å². The highest BCUT2D eigenvalue weighted by molar-refractivity contribution is 6.27. The second kappa shape index (κ2) is 5.96. The largest absolute Gasteiger partial charge is 0.495 e. The normalized spacial score (nSPS) is 15.7. The zero-order valence-electron chi connectivity index (χ0n) is 10.4. The second-order valence-corrected chi connectivity index (χ2v) is 4.44. The zero-order valence-corrected chi connectivity index (χ0v) is 11.2. The molecule has 2 rings (SSSR count). The lowest BCUT2D eigenvalue weighted by atomic mass is 10.2. The van der Waals surface area contributed by atoms with E-state index in [-0.39, 0.29) is 11.8 Å². The van der Waals surface area contributed by atoms with Crippen molar-refractivity contribution in [3.8, 4) is 5.75 Å². The molecule has 1 aliphatic heterocycles. The first-order chi connectivity index (χ1) is 8.76. The Balaban J connectivity index is 2.03. The quantitative estimate of drug-likeness (QED) is 0.781. The minimum atomic E-state index is 0.0105. The third kappa shape index (κ3) is 2.70. The van der Waals surface area contributed by atoms with Crippen molar-refractivity contribution in [1.29, 1.82) is 0 Å². The van der Waals surface area contributed by atoms with E-state index in [0.717, 1.165) is 24.5 Å². The summed E-state index contributed by atoms with van der Waals surface area (Å²) in [5, 5.41) is 0. The van der Waals surface area contributed by atoms with Crippen LogP contribution in [0, 0.1) is 0 Å². The summed E-state index contributed by atoms with van der Waals surface area (Å²) < 4.78 is 5.35. The van der Waals surface area contributed by atoms with E-state index < -0.39 is 0 Å². The van der Waals surface area contributed by atoms with Crippen LogP contribution < -0.4 is 9.64 Å². The Morgan fingerprint density at radius 3 is 2.56 bits per heavy atom. The fraction of sp³-hybridized carbons (Fsp3) is 0.462. The fourth-order valence-electron chi connectivity index (χ4n) is 2.17. The first-order valence-corrected chi connectivity index (χ1v) is 6.51. The van der Waals surface area contributed by atoms with E-state index in [4.69, 9.17) is 16.3 Å². The molecule has 0 spiro atoms. The Labute approximate surface area is 112 Å². The van der Waals surface area contributed by atoms with E-state index >= 15 is 0 Å². The van der Waals surface area contributed by atoms with Crippen LogP contribution in [0.4, 0.5) is 5.69 Å². The van der Waals surface area contributed by atoms with Gasteiger partial charge in [-0.25, -0.2) is 0 Å². The number of amides is 1. The van der Waals surface area contributed by atoms with Crippen molar-refractivity contribution in [3.05, 3.63) is 24.3 Å². The molecule has 0 aromatic heterocycles. The van der Waals surface area contributed by atoms with E-state index in [1.807, 2.05) is 24.3 Å². The summed E-state index contributed by atoms with van der Waals surface area (Å²) in [6, 6.07) is 7.94. The third-order valence-corrected chi connectivity index (χ3v) is 3.40. The van der Waals surface area contributed by atoms with Crippen LogP contribution in [0.25, 0.3) is 0 Å². The number of carbonyl (C=O) groups is 1. The number of piperazine rings is 1. The Morgan fingerprint density at radius 2 is 1.94 bits per heavy atom. The number of benzene rings is 1.